The zero-order chi connectivity index (χ0) is 18.9. The van der Waals surface area contributed by atoms with E-state index in [9.17, 15) is 4.39 Å². The third-order valence-corrected chi connectivity index (χ3v) is 4.52. The second kappa shape index (κ2) is 6.66. The van der Waals surface area contributed by atoms with Crippen LogP contribution in [-0.4, -0.2) is 24.9 Å². The van der Waals surface area contributed by atoms with Crippen LogP contribution in [0.3, 0.4) is 0 Å². The lowest BCUT2D eigenvalue weighted by Gasteiger charge is -2.09. The summed E-state index contributed by atoms with van der Waals surface area (Å²) in [7, 11) is 0. The normalized spacial score (nSPS) is 11.0. The molecule has 0 saturated carbocycles. The summed E-state index contributed by atoms with van der Waals surface area (Å²) in [5, 5.41) is 0. The molecular weight excluding hydrogens is 353 g/mol. The van der Waals surface area contributed by atoms with Crippen molar-refractivity contribution in [1.82, 2.24) is 24.9 Å². The molecule has 134 valence electrons. The fourth-order valence-corrected chi connectivity index (χ4v) is 3.16. The van der Waals surface area contributed by atoms with Gasteiger partial charge in [-0.25, -0.2) is 14.4 Å². The Morgan fingerprint density at radius 1 is 0.750 bits per heavy atom. The second-order valence-corrected chi connectivity index (χ2v) is 6.33. The highest BCUT2D eigenvalue weighted by Gasteiger charge is 2.15. The number of nitrogens with one attached hydrogen (secondary N) is 1. The summed E-state index contributed by atoms with van der Waals surface area (Å²) >= 11 is 0. The Morgan fingerprint density at radius 2 is 1.57 bits per heavy atom. The monoisotopic (exact) mass is 367 g/mol. The van der Waals surface area contributed by atoms with E-state index in [0.29, 0.717) is 11.5 Å². The summed E-state index contributed by atoms with van der Waals surface area (Å²) in [6, 6.07) is 16.0. The minimum atomic E-state index is -0.281. The van der Waals surface area contributed by atoms with Crippen molar-refractivity contribution >= 4 is 11.2 Å². The van der Waals surface area contributed by atoms with Crippen LogP contribution in [0.1, 0.15) is 0 Å². The second-order valence-electron chi connectivity index (χ2n) is 6.33. The Bertz CT molecular complexity index is 1170. The maximum atomic E-state index is 13.2. The summed E-state index contributed by atoms with van der Waals surface area (Å²) in [5.41, 5.74) is 5.85. The van der Waals surface area contributed by atoms with Crippen molar-refractivity contribution in [2.45, 2.75) is 0 Å². The number of H-pyrrole nitrogens is 1. The van der Waals surface area contributed by atoms with Gasteiger partial charge in [-0.15, -0.1) is 0 Å². The molecule has 0 amide bonds. The lowest BCUT2D eigenvalue weighted by Crippen LogP contribution is -1.91. The van der Waals surface area contributed by atoms with E-state index in [1.54, 1.807) is 36.9 Å². The first-order valence-electron chi connectivity index (χ1n) is 8.75. The van der Waals surface area contributed by atoms with Gasteiger partial charge in [-0.3, -0.25) is 9.97 Å². The van der Waals surface area contributed by atoms with Gasteiger partial charge in [-0.05, 0) is 60.2 Å². The van der Waals surface area contributed by atoms with Gasteiger partial charge in [0.1, 0.15) is 11.6 Å². The van der Waals surface area contributed by atoms with Crippen LogP contribution in [0.15, 0.2) is 79.4 Å². The van der Waals surface area contributed by atoms with Crippen LogP contribution in [0.4, 0.5) is 4.39 Å². The van der Waals surface area contributed by atoms with Crippen molar-refractivity contribution in [3.8, 4) is 33.8 Å². The third-order valence-electron chi connectivity index (χ3n) is 4.52. The number of aromatic amines is 1. The van der Waals surface area contributed by atoms with Crippen molar-refractivity contribution < 1.29 is 4.39 Å². The molecule has 0 spiro atoms. The molecule has 0 aliphatic rings. The van der Waals surface area contributed by atoms with Gasteiger partial charge in [-0.2, -0.15) is 0 Å². The number of aromatic nitrogens is 5. The Balaban J connectivity index is 1.73. The number of benzene rings is 1. The summed E-state index contributed by atoms with van der Waals surface area (Å²) in [6.07, 6.45) is 7.02. The molecular formula is C22H14FN5. The number of fused-ring (bicyclic) bond motifs is 1. The standard InChI is InChI=1S/C22H14FN5/c23-17-5-3-15(4-6-17)21-26-19-12-18(14-7-10-24-11-8-14)20(27-22(19)28-21)16-2-1-9-25-13-16/h1-13H,(H,26,27,28). The topological polar surface area (TPSA) is 67.3 Å². The molecule has 4 aromatic heterocycles. The molecule has 5 rings (SSSR count). The number of nitrogens with zero attached hydrogens (tertiary/aromatic N) is 4. The van der Waals surface area contributed by atoms with Gasteiger partial charge in [0.15, 0.2) is 5.65 Å². The average Bonchev–Trinajstić information content (AvgIpc) is 3.18. The van der Waals surface area contributed by atoms with Crippen LogP contribution in [0.25, 0.3) is 44.9 Å². The van der Waals surface area contributed by atoms with Crippen LogP contribution < -0.4 is 0 Å². The average molecular weight is 367 g/mol. The Labute approximate surface area is 160 Å². The molecule has 0 radical (unpaired) electrons. The third kappa shape index (κ3) is 2.91. The fourth-order valence-electron chi connectivity index (χ4n) is 3.16. The number of halogens is 1. The molecule has 5 nitrogen and oxygen atoms in total. The summed E-state index contributed by atoms with van der Waals surface area (Å²) in [5.74, 6) is 0.364. The maximum Gasteiger partial charge on any atom is 0.178 e. The van der Waals surface area contributed by atoms with Gasteiger partial charge in [0.05, 0.1) is 11.2 Å². The fraction of sp³-hybridized carbons (Fsp3) is 0. The van der Waals surface area contributed by atoms with Crippen LogP contribution in [0.5, 0.6) is 0 Å². The molecule has 0 saturated heterocycles. The molecule has 0 aliphatic heterocycles. The molecule has 28 heavy (non-hydrogen) atoms. The summed E-state index contributed by atoms with van der Waals surface area (Å²) < 4.78 is 13.2. The zero-order valence-corrected chi connectivity index (χ0v) is 14.7. The van der Waals surface area contributed by atoms with Crippen LogP contribution in [0.2, 0.25) is 0 Å². The van der Waals surface area contributed by atoms with E-state index in [-0.39, 0.29) is 5.82 Å². The Kier molecular flexibility index (Phi) is 3.87. The first kappa shape index (κ1) is 16.3. The van der Waals surface area contributed by atoms with Gasteiger partial charge in [0.25, 0.3) is 0 Å². The van der Waals surface area contributed by atoms with Crippen molar-refractivity contribution in [3.63, 3.8) is 0 Å². The van der Waals surface area contributed by atoms with Crippen LogP contribution in [-0.2, 0) is 0 Å². The quantitative estimate of drug-likeness (QED) is 0.493. The van der Waals surface area contributed by atoms with E-state index in [1.807, 2.05) is 30.3 Å². The zero-order valence-electron chi connectivity index (χ0n) is 14.7. The van der Waals surface area contributed by atoms with Gasteiger partial charge in [-0.1, -0.05) is 0 Å². The van der Waals surface area contributed by atoms with Crippen LogP contribution >= 0.6 is 0 Å². The van der Waals surface area contributed by atoms with E-state index in [0.717, 1.165) is 33.5 Å². The Hall–Kier alpha value is -3.93. The predicted octanol–water partition coefficient (Wildman–Crippen LogP) is 4.89. The van der Waals surface area contributed by atoms with E-state index in [4.69, 9.17) is 4.98 Å². The largest absolute Gasteiger partial charge is 0.337 e. The summed E-state index contributed by atoms with van der Waals surface area (Å²) in [4.78, 5) is 21.0. The number of hydrogen-bond acceptors (Lipinski definition) is 4. The molecule has 0 fully saturated rings. The molecule has 1 N–H and O–H groups in total. The van der Waals surface area contributed by atoms with E-state index in [1.165, 1.54) is 12.1 Å². The van der Waals surface area contributed by atoms with Crippen molar-refractivity contribution in [2.75, 3.05) is 0 Å². The van der Waals surface area contributed by atoms with E-state index < -0.39 is 0 Å². The lowest BCUT2D eigenvalue weighted by atomic mass is 10.0. The lowest BCUT2D eigenvalue weighted by molar-refractivity contribution is 0.628. The molecule has 0 bridgehead atoms. The maximum absolute atomic E-state index is 13.2. The van der Waals surface area contributed by atoms with Gasteiger partial charge >= 0.3 is 0 Å². The molecule has 0 atom stereocenters. The molecule has 4 heterocycles. The minimum Gasteiger partial charge on any atom is -0.337 e. The van der Waals surface area contributed by atoms with Crippen molar-refractivity contribution in [3.05, 3.63) is 85.2 Å². The molecule has 0 aliphatic carbocycles. The predicted molar refractivity (Wildman–Crippen MR) is 106 cm³/mol. The minimum absolute atomic E-state index is 0.281. The highest BCUT2D eigenvalue weighted by atomic mass is 19.1. The Morgan fingerprint density at radius 3 is 2.32 bits per heavy atom. The number of hydrogen-bond donors (Lipinski definition) is 1. The number of pyridine rings is 3. The van der Waals surface area contributed by atoms with Gasteiger partial charge < -0.3 is 4.98 Å². The first-order chi connectivity index (χ1) is 13.8. The van der Waals surface area contributed by atoms with Gasteiger partial charge in [0, 0.05) is 41.5 Å². The molecule has 0 unspecified atom stereocenters. The van der Waals surface area contributed by atoms with E-state index in [2.05, 4.69) is 19.9 Å². The van der Waals surface area contributed by atoms with Gasteiger partial charge in [0.2, 0.25) is 0 Å². The number of imidazole rings is 1. The van der Waals surface area contributed by atoms with E-state index >= 15 is 0 Å². The first-order valence-corrected chi connectivity index (χ1v) is 8.75. The SMILES string of the molecule is Fc1ccc(-c2nc3nc(-c4cccnc4)c(-c4ccncc4)cc3[nH]2)cc1. The molecule has 6 heteroatoms. The van der Waals surface area contributed by atoms with Crippen molar-refractivity contribution in [2.24, 2.45) is 0 Å². The number of rotatable bonds is 3. The van der Waals surface area contributed by atoms with Crippen molar-refractivity contribution in [1.29, 1.82) is 0 Å². The molecule has 1 aromatic carbocycles. The highest BCUT2D eigenvalue weighted by Crippen LogP contribution is 2.33. The highest BCUT2D eigenvalue weighted by molar-refractivity contribution is 5.89. The summed E-state index contributed by atoms with van der Waals surface area (Å²) in [6.45, 7) is 0. The molecule has 5 aromatic rings. The smallest absolute Gasteiger partial charge is 0.178 e. The van der Waals surface area contributed by atoms with Crippen LogP contribution in [0, 0.1) is 5.82 Å².